The van der Waals surface area contributed by atoms with Crippen molar-refractivity contribution in [3.63, 3.8) is 0 Å². The maximum absolute atomic E-state index is 6.35. The molecule has 1 aromatic heterocycles. The van der Waals surface area contributed by atoms with E-state index in [0.717, 1.165) is 36.0 Å². The smallest absolute Gasteiger partial charge is 0.0834 e. The minimum absolute atomic E-state index is 0.0275. The van der Waals surface area contributed by atoms with Crippen molar-refractivity contribution in [2.24, 2.45) is 11.7 Å². The Hall–Kier alpha value is -0.190. The molecular weight excluding hydrogens is 266 g/mol. The fourth-order valence-corrected chi connectivity index (χ4v) is 4.07. The van der Waals surface area contributed by atoms with Gasteiger partial charge in [0, 0.05) is 12.6 Å². The highest BCUT2D eigenvalue weighted by molar-refractivity contribution is 7.99. The van der Waals surface area contributed by atoms with E-state index >= 15 is 0 Å². The lowest BCUT2D eigenvalue weighted by atomic mass is 9.93. The normalized spacial score (nSPS) is 19.1. The number of nitrogens with two attached hydrogens (primary N) is 1. The van der Waals surface area contributed by atoms with Crippen LogP contribution in [0.3, 0.4) is 0 Å². The molecular formula is C13H22ClN3S. The summed E-state index contributed by atoms with van der Waals surface area (Å²) in [5, 5.41) is 5.04. The zero-order chi connectivity index (χ0) is 13.0. The van der Waals surface area contributed by atoms with Gasteiger partial charge in [0.15, 0.2) is 0 Å². The number of aryl methyl sites for hydroxylation is 1. The van der Waals surface area contributed by atoms with E-state index in [1.54, 1.807) is 6.20 Å². The fourth-order valence-electron chi connectivity index (χ4n) is 2.58. The van der Waals surface area contributed by atoms with Gasteiger partial charge in [-0.05, 0) is 43.1 Å². The molecule has 2 heterocycles. The third-order valence-electron chi connectivity index (χ3n) is 3.55. The Morgan fingerprint density at radius 3 is 2.94 bits per heavy atom. The van der Waals surface area contributed by atoms with Gasteiger partial charge in [-0.25, -0.2) is 0 Å². The van der Waals surface area contributed by atoms with Gasteiger partial charge in [-0.1, -0.05) is 18.5 Å². The van der Waals surface area contributed by atoms with Crippen LogP contribution in [0, 0.1) is 5.92 Å². The molecule has 1 aromatic rings. The third-order valence-corrected chi connectivity index (χ3v) is 4.89. The van der Waals surface area contributed by atoms with Crippen molar-refractivity contribution in [2.75, 3.05) is 11.5 Å². The number of nitrogens with zero attached hydrogens (tertiary/aromatic N) is 2. The topological polar surface area (TPSA) is 43.8 Å². The standard InChI is InChI=1S/C13H22ClN3S/c1-2-5-17-13(11(14)9-16-17)12(15)8-10-3-6-18-7-4-10/h9-10,12H,2-8,15H2,1H3. The Kier molecular flexibility index (Phi) is 5.39. The van der Waals surface area contributed by atoms with Crippen molar-refractivity contribution in [3.05, 3.63) is 16.9 Å². The van der Waals surface area contributed by atoms with Gasteiger partial charge in [-0.15, -0.1) is 0 Å². The van der Waals surface area contributed by atoms with Gasteiger partial charge in [0.2, 0.25) is 0 Å². The molecule has 0 amide bonds. The van der Waals surface area contributed by atoms with Crippen molar-refractivity contribution in [3.8, 4) is 0 Å². The lowest BCUT2D eigenvalue weighted by Gasteiger charge is -2.25. The number of rotatable bonds is 5. The quantitative estimate of drug-likeness (QED) is 0.902. The fraction of sp³-hybridized carbons (Fsp3) is 0.769. The molecule has 102 valence electrons. The monoisotopic (exact) mass is 287 g/mol. The zero-order valence-corrected chi connectivity index (χ0v) is 12.5. The minimum atomic E-state index is 0.0275. The Balaban J connectivity index is 2.02. The summed E-state index contributed by atoms with van der Waals surface area (Å²) in [6.07, 6.45) is 6.40. The molecule has 2 rings (SSSR count). The van der Waals surface area contributed by atoms with Gasteiger partial charge in [-0.2, -0.15) is 16.9 Å². The summed E-state index contributed by atoms with van der Waals surface area (Å²) in [7, 11) is 0. The number of hydrogen-bond donors (Lipinski definition) is 1. The second-order valence-electron chi connectivity index (χ2n) is 5.00. The molecule has 0 saturated carbocycles. The second kappa shape index (κ2) is 6.83. The average molecular weight is 288 g/mol. The number of aromatic nitrogens is 2. The molecule has 5 heteroatoms. The summed E-state index contributed by atoms with van der Waals surface area (Å²) in [5.41, 5.74) is 7.37. The van der Waals surface area contributed by atoms with Gasteiger partial charge in [-0.3, -0.25) is 4.68 Å². The summed E-state index contributed by atoms with van der Waals surface area (Å²) >= 11 is 8.28. The van der Waals surface area contributed by atoms with Gasteiger partial charge < -0.3 is 5.73 Å². The highest BCUT2D eigenvalue weighted by Gasteiger charge is 2.22. The van der Waals surface area contributed by atoms with Crippen LogP contribution in [0.25, 0.3) is 0 Å². The van der Waals surface area contributed by atoms with E-state index in [4.69, 9.17) is 17.3 Å². The van der Waals surface area contributed by atoms with Crippen LogP contribution in [0.5, 0.6) is 0 Å². The van der Waals surface area contributed by atoms with E-state index in [0.29, 0.717) is 0 Å². The number of hydrogen-bond acceptors (Lipinski definition) is 3. The van der Waals surface area contributed by atoms with Crippen LogP contribution in [0.15, 0.2) is 6.20 Å². The van der Waals surface area contributed by atoms with E-state index in [1.807, 2.05) is 4.68 Å². The summed E-state index contributed by atoms with van der Waals surface area (Å²) in [6.45, 7) is 3.04. The molecule has 1 aliphatic heterocycles. The van der Waals surface area contributed by atoms with E-state index in [9.17, 15) is 0 Å². The van der Waals surface area contributed by atoms with Crippen molar-refractivity contribution < 1.29 is 0 Å². The van der Waals surface area contributed by atoms with Crippen molar-refractivity contribution in [1.29, 1.82) is 0 Å². The predicted molar refractivity (Wildman–Crippen MR) is 79.1 cm³/mol. The van der Waals surface area contributed by atoms with Crippen LogP contribution >= 0.6 is 23.4 Å². The van der Waals surface area contributed by atoms with E-state index < -0.39 is 0 Å². The molecule has 0 aliphatic carbocycles. The van der Waals surface area contributed by atoms with Gasteiger partial charge >= 0.3 is 0 Å². The molecule has 1 saturated heterocycles. The summed E-state index contributed by atoms with van der Waals surface area (Å²) in [5.74, 6) is 3.31. The Bertz CT molecular complexity index is 374. The highest BCUT2D eigenvalue weighted by Crippen LogP contribution is 2.32. The molecule has 0 spiro atoms. The lowest BCUT2D eigenvalue weighted by molar-refractivity contribution is 0.397. The van der Waals surface area contributed by atoms with Gasteiger partial charge in [0.1, 0.15) is 0 Å². The number of halogens is 1. The van der Waals surface area contributed by atoms with E-state index in [1.165, 1.54) is 24.3 Å². The first kappa shape index (κ1) is 14.2. The first-order valence-corrected chi connectivity index (χ1v) is 8.30. The Morgan fingerprint density at radius 1 is 1.56 bits per heavy atom. The van der Waals surface area contributed by atoms with Crippen LogP contribution in [-0.2, 0) is 6.54 Å². The minimum Gasteiger partial charge on any atom is -0.323 e. The largest absolute Gasteiger partial charge is 0.323 e. The average Bonchev–Trinajstić information content (AvgIpc) is 2.72. The van der Waals surface area contributed by atoms with Crippen LogP contribution in [0.2, 0.25) is 5.02 Å². The van der Waals surface area contributed by atoms with Crippen LogP contribution < -0.4 is 5.73 Å². The number of thioether (sulfide) groups is 1. The summed E-state index contributed by atoms with van der Waals surface area (Å²) in [6, 6.07) is 0.0275. The first-order valence-electron chi connectivity index (χ1n) is 6.77. The molecule has 1 aliphatic rings. The maximum Gasteiger partial charge on any atom is 0.0834 e. The summed E-state index contributed by atoms with van der Waals surface area (Å²) in [4.78, 5) is 0. The SMILES string of the molecule is CCCn1ncc(Cl)c1C(N)CC1CCSCC1. The van der Waals surface area contributed by atoms with Crippen molar-refractivity contribution in [1.82, 2.24) is 9.78 Å². The molecule has 18 heavy (non-hydrogen) atoms. The maximum atomic E-state index is 6.35. The van der Waals surface area contributed by atoms with Crippen molar-refractivity contribution >= 4 is 23.4 Å². The third kappa shape index (κ3) is 3.43. The van der Waals surface area contributed by atoms with Crippen molar-refractivity contribution in [2.45, 2.75) is 45.2 Å². The molecule has 0 aromatic carbocycles. The highest BCUT2D eigenvalue weighted by atomic mass is 35.5. The van der Waals surface area contributed by atoms with Gasteiger partial charge in [0.05, 0.1) is 16.9 Å². The Labute approximate surface area is 118 Å². The molecule has 0 radical (unpaired) electrons. The Morgan fingerprint density at radius 2 is 2.28 bits per heavy atom. The molecule has 3 nitrogen and oxygen atoms in total. The molecule has 0 bridgehead atoms. The van der Waals surface area contributed by atoms with Crippen LogP contribution in [-0.4, -0.2) is 21.3 Å². The molecule has 2 N–H and O–H groups in total. The van der Waals surface area contributed by atoms with Crippen LogP contribution in [0.4, 0.5) is 0 Å². The first-order chi connectivity index (χ1) is 8.72. The second-order valence-corrected chi connectivity index (χ2v) is 6.63. The van der Waals surface area contributed by atoms with Gasteiger partial charge in [0.25, 0.3) is 0 Å². The summed E-state index contributed by atoms with van der Waals surface area (Å²) < 4.78 is 1.98. The van der Waals surface area contributed by atoms with E-state index in [-0.39, 0.29) is 6.04 Å². The van der Waals surface area contributed by atoms with Crippen LogP contribution in [0.1, 0.15) is 44.3 Å². The molecule has 1 unspecified atom stereocenters. The lowest BCUT2D eigenvalue weighted by Crippen LogP contribution is -2.22. The molecule has 1 atom stereocenters. The predicted octanol–water partition coefficient (Wildman–Crippen LogP) is 3.48. The molecule has 1 fully saturated rings. The van der Waals surface area contributed by atoms with E-state index in [2.05, 4.69) is 23.8 Å². The zero-order valence-electron chi connectivity index (χ0n) is 10.9.